The maximum atomic E-state index is 13.1. The van der Waals surface area contributed by atoms with E-state index in [1.165, 1.54) is 5.56 Å². The van der Waals surface area contributed by atoms with E-state index in [4.69, 9.17) is 9.72 Å². The van der Waals surface area contributed by atoms with Crippen molar-refractivity contribution in [3.63, 3.8) is 0 Å². The number of hydrogen-bond acceptors (Lipinski definition) is 5. The summed E-state index contributed by atoms with van der Waals surface area (Å²) in [6.07, 6.45) is 1.99. The number of benzene rings is 1. The number of carbonyl (C=O) groups excluding carboxylic acids is 2. The molecule has 2 amide bonds. The summed E-state index contributed by atoms with van der Waals surface area (Å²) in [4.78, 5) is 35.7. The highest BCUT2D eigenvalue weighted by atomic mass is 32.1. The summed E-state index contributed by atoms with van der Waals surface area (Å²) in [5.41, 5.74) is 3.18. The fraction of sp³-hybridized carbons (Fsp3) is 0.560. The van der Waals surface area contributed by atoms with Gasteiger partial charge in [-0.25, -0.2) is 4.98 Å². The lowest BCUT2D eigenvalue weighted by Crippen LogP contribution is -2.51. The number of piperidine rings is 1. The Hall–Kier alpha value is -2.25. The van der Waals surface area contributed by atoms with Gasteiger partial charge in [-0.15, -0.1) is 11.3 Å². The monoisotopic (exact) mass is 455 g/mol. The first-order chi connectivity index (χ1) is 15.3. The maximum absolute atomic E-state index is 13.1. The van der Waals surface area contributed by atoms with Gasteiger partial charge in [-0.05, 0) is 40.5 Å². The van der Waals surface area contributed by atoms with Crippen molar-refractivity contribution in [1.29, 1.82) is 0 Å². The van der Waals surface area contributed by atoms with Crippen molar-refractivity contribution in [3.8, 4) is 11.3 Å². The van der Waals surface area contributed by atoms with Gasteiger partial charge in [0.05, 0.1) is 29.3 Å². The van der Waals surface area contributed by atoms with Crippen LogP contribution in [0.3, 0.4) is 0 Å². The first-order valence-electron chi connectivity index (χ1n) is 11.6. The van der Waals surface area contributed by atoms with Crippen LogP contribution in [0.4, 0.5) is 0 Å². The number of aromatic nitrogens is 1. The number of ether oxygens (including phenoxy) is 1. The molecule has 2 unspecified atom stereocenters. The van der Waals surface area contributed by atoms with Gasteiger partial charge in [-0.1, -0.05) is 29.8 Å². The minimum Gasteiger partial charge on any atom is -0.372 e. The van der Waals surface area contributed by atoms with Gasteiger partial charge in [0.2, 0.25) is 11.8 Å². The number of carbonyl (C=O) groups is 2. The Kier molecular flexibility index (Phi) is 6.96. The molecule has 6 nitrogen and oxygen atoms in total. The zero-order valence-electron chi connectivity index (χ0n) is 19.5. The molecule has 2 fully saturated rings. The maximum Gasteiger partial charge on any atom is 0.227 e. The van der Waals surface area contributed by atoms with Crippen LogP contribution in [0.25, 0.3) is 11.3 Å². The highest BCUT2D eigenvalue weighted by Gasteiger charge is 2.33. The SMILES string of the molecule is Cc1ccc(-c2nc(C)sc2CC(=O)N2CCC(C(=O)N3CC(C)OC(C)C3)CC2)cc1. The average molecular weight is 456 g/mol. The summed E-state index contributed by atoms with van der Waals surface area (Å²) < 4.78 is 5.76. The fourth-order valence-electron chi connectivity index (χ4n) is 4.77. The quantitative estimate of drug-likeness (QED) is 0.703. The van der Waals surface area contributed by atoms with Gasteiger partial charge in [-0.3, -0.25) is 9.59 Å². The highest BCUT2D eigenvalue weighted by molar-refractivity contribution is 7.12. The van der Waals surface area contributed by atoms with Crippen LogP contribution in [0, 0.1) is 19.8 Å². The standard InChI is InChI=1S/C25H33N3O3S/c1-16-5-7-20(8-6-16)24-22(32-19(4)26-24)13-23(29)27-11-9-21(10-12-27)25(30)28-14-17(2)31-18(3)15-28/h5-8,17-18,21H,9-15H2,1-4H3. The lowest BCUT2D eigenvalue weighted by atomic mass is 9.94. The zero-order valence-corrected chi connectivity index (χ0v) is 20.3. The third-order valence-corrected chi connectivity index (χ3v) is 7.34. The number of aryl methyl sites for hydroxylation is 2. The number of morpholine rings is 1. The number of nitrogens with zero attached hydrogens (tertiary/aromatic N) is 3. The summed E-state index contributed by atoms with van der Waals surface area (Å²) in [5.74, 6) is 0.352. The van der Waals surface area contributed by atoms with Crippen LogP contribution in [0.2, 0.25) is 0 Å². The van der Waals surface area contributed by atoms with Crippen LogP contribution < -0.4 is 0 Å². The van der Waals surface area contributed by atoms with E-state index in [0.29, 0.717) is 32.6 Å². The van der Waals surface area contributed by atoms with Crippen LogP contribution in [0.15, 0.2) is 24.3 Å². The highest BCUT2D eigenvalue weighted by Crippen LogP contribution is 2.30. The molecule has 0 spiro atoms. The molecule has 4 rings (SSSR count). The molecule has 0 radical (unpaired) electrons. The second-order valence-electron chi connectivity index (χ2n) is 9.20. The van der Waals surface area contributed by atoms with Gasteiger partial charge in [0.1, 0.15) is 0 Å². The van der Waals surface area contributed by atoms with E-state index in [2.05, 4.69) is 31.2 Å². The van der Waals surface area contributed by atoms with E-state index in [0.717, 1.165) is 34.0 Å². The van der Waals surface area contributed by atoms with E-state index in [-0.39, 0.29) is 29.9 Å². The molecule has 7 heteroatoms. The Bertz CT molecular complexity index is 953. The van der Waals surface area contributed by atoms with Crippen molar-refractivity contribution in [1.82, 2.24) is 14.8 Å². The van der Waals surface area contributed by atoms with E-state index in [1.807, 2.05) is 30.6 Å². The predicted octanol–water partition coefficient (Wildman–Crippen LogP) is 3.84. The van der Waals surface area contributed by atoms with E-state index in [1.54, 1.807) is 11.3 Å². The smallest absolute Gasteiger partial charge is 0.227 e. The molecule has 2 aromatic rings. The van der Waals surface area contributed by atoms with Crippen LogP contribution in [0.5, 0.6) is 0 Å². The van der Waals surface area contributed by atoms with Gasteiger partial charge in [0.25, 0.3) is 0 Å². The van der Waals surface area contributed by atoms with Gasteiger partial charge in [-0.2, -0.15) is 0 Å². The Labute approximate surface area is 194 Å². The van der Waals surface area contributed by atoms with Crippen molar-refractivity contribution in [3.05, 3.63) is 39.7 Å². The van der Waals surface area contributed by atoms with Crippen molar-refractivity contribution in [2.24, 2.45) is 5.92 Å². The second-order valence-corrected chi connectivity index (χ2v) is 10.5. The van der Waals surface area contributed by atoms with Crippen LogP contribution >= 0.6 is 11.3 Å². The molecule has 0 aliphatic carbocycles. The second kappa shape index (κ2) is 9.71. The molecule has 2 saturated heterocycles. The first kappa shape index (κ1) is 22.9. The lowest BCUT2D eigenvalue weighted by Gasteiger charge is -2.39. The number of amides is 2. The molecule has 2 aliphatic heterocycles. The fourth-order valence-corrected chi connectivity index (χ4v) is 5.72. The third kappa shape index (κ3) is 5.21. The third-order valence-electron chi connectivity index (χ3n) is 6.37. The summed E-state index contributed by atoms with van der Waals surface area (Å²) in [6.45, 7) is 10.7. The number of thiazole rings is 1. The van der Waals surface area contributed by atoms with Crippen LogP contribution in [-0.2, 0) is 20.7 Å². The molecule has 0 N–H and O–H groups in total. The predicted molar refractivity (Wildman–Crippen MR) is 127 cm³/mol. The van der Waals surface area contributed by atoms with Gasteiger partial charge >= 0.3 is 0 Å². The van der Waals surface area contributed by atoms with Crippen molar-refractivity contribution >= 4 is 23.2 Å². The zero-order chi connectivity index (χ0) is 22.8. The molecule has 1 aromatic carbocycles. The first-order valence-corrected chi connectivity index (χ1v) is 12.4. The van der Waals surface area contributed by atoms with E-state index < -0.39 is 0 Å². The largest absolute Gasteiger partial charge is 0.372 e. The molecular weight excluding hydrogens is 422 g/mol. The molecule has 32 heavy (non-hydrogen) atoms. The molecule has 0 saturated carbocycles. The van der Waals surface area contributed by atoms with E-state index >= 15 is 0 Å². The minimum absolute atomic E-state index is 0.00492. The summed E-state index contributed by atoms with van der Waals surface area (Å²) in [6, 6.07) is 8.30. The topological polar surface area (TPSA) is 62.7 Å². The summed E-state index contributed by atoms with van der Waals surface area (Å²) in [5, 5.41) is 0.974. The molecule has 2 aliphatic rings. The Morgan fingerprint density at radius 1 is 1.03 bits per heavy atom. The molecular formula is C25H33N3O3S. The van der Waals surface area contributed by atoms with Crippen LogP contribution in [-0.4, -0.2) is 65.0 Å². The summed E-state index contributed by atoms with van der Waals surface area (Å²) in [7, 11) is 0. The van der Waals surface area contributed by atoms with Crippen molar-refractivity contribution in [2.75, 3.05) is 26.2 Å². The van der Waals surface area contributed by atoms with Gasteiger partial charge in [0.15, 0.2) is 0 Å². The lowest BCUT2D eigenvalue weighted by molar-refractivity contribution is -0.150. The minimum atomic E-state index is 0.00492. The molecule has 0 bridgehead atoms. The molecule has 172 valence electrons. The molecule has 1 aromatic heterocycles. The Balaban J connectivity index is 1.35. The van der Waals surface area contributed by atoms with E-state index in [9.17, 15) is 9.59 Å². The van der Waals surface area contributed by atoms with Crippen LogP contribution in [0.1, 0.15) is 42.1 Å². The van der Waals surface area contributed by atoms with Crippen molar-refractivity contribution < 1.29 is 14.3 Å². The number of rotatable bonds is 4. The normalized spacial score (nSPS) is 22.2. The molecule has 2 atom stereocenters. The summed E-state index contributed by atoms with van der Waals surface area (Å²) >= 11 is 1.60. The van der Waals surface area contributed by atoms with Gasteiger partial charge < -0.3 is 14.5 Å². The average Bonchev–Trinajstić information content (AvgIpc) is 3.13. The number of likely N-dealkylation sites (tertiary alicyclic amines) is 1. The van der Waals surface area contributed by atoms with Crippen molar-refractivity contribution in [2.45, 2.75) is 59.2 Å². The Morgan fingerprint density at radius 2 is 1.66 bits per heavy atom. The van der Waals surface area contributed by atoms with Gasteiger partial charge in [0, 0.05) is 42.5 Å². The Morgan fingerprint density at radius 3 is 2.28 bits per heavy atom. The molecule has 3 heterocycles. The number of hydrogen-bond donors (Lipinski definition) is 0.